The summed E-state index contributed by atoms with van der Waals surface area (Å²) >= 11 is 0. The van der Waals surface area contributed by atoms with Gasteiger partial charge < -0.3 is 10.4 Å². The van der Waals surface area contributed by atoms with Crippen LogP contribution in [-0.2, 0) is 6.54 Å². The summed E-state index contributed by atoms with van der Waals surface area (Å²) in [5.41, 5.74) is 3.47. The quantitative estimate of drug-likeness (QED) is 0.813. The van der Waals surface area contributed by atoms with E-state index in [-0.39, 0.29) is 12.6 Å². The highest BCUT2D eigenvalue weighted by Crippen LogP contribution is 2.18. The Kier molecular flexibility index (Phi) is 5.71. The average molecular weight is 270 g/mol. The first-order valence-corrected chi connectivity index (χ1v) is 7.10. The van der Waals surface area contributed by atoms with Crippen molar-refractivity contribution in [3.63, 3.8) is 0 Å². The van der Waals surface area contributed by atoms with Gasteiger partial charge in [0, 0.05) is 25.4 Å². The lowest BCUT2D eigenvalue weighted by molar-refractivity contribution is 0.274. The average Bonchev–Trinajstić information content (AvgIpc) is 2.50. The van der Waals surface area contributed by atoms with Gasteiger partial charge in [0.15, 0.2) is 0 Å². The number of aliphatic hydroxyl groups excluding tert-OH is 1. The molecule has 0 radical (unpaired) electrons. The highest BCUT2D eigenvalue weighted by Gasteiger charge is 2.10. The zero-order valence-corrected chi connectivity index (χ0v) is 11.9. The van der Waals surface area contributed by atoms with E-state index in [1.807, 2.05) is 31.3 Å². The van der Waals surface area contributed by atoms with E-state index in [0.717, 1.165) is 25.1 Å². The SMILES string of the molecule is Cc1ccc(CNC(CCCO)c2ccccc2)nc1. The van der Waals surface area contributed by atoms with Crippen LogP contribution in [0.3, 0.4) is 0 Å². The van der Waals surface area contributed by atoms with Gasteiger partial charge in [-0.2, -0.15) is 0 Å². The van der Waals surface area contributed by atoms with E-state index >= 15 is 0 Å². The first kappa shape index (κ1) is 14.7. The fourth-order valence-electron chi connectivity index (χ4n) is 2.20. The monoisotopic (exact) mass is 270 g/mol. The highest BCUT2D eigenvalue weighted by atomic mass is 16.2. The third kappa shape index (κ3) is 4.44. The van der Waals surface area contributed by atoms with Crippen molar-refractivity contribution in [3.05, 3.63) is 65.5 Å². The summed E-state index contributed by atoms with van der Waals surface area (Å²) in [5, 5.41) is 12.6. The number of aryl methyl sites for hydroxylation is 1. The van der Waals surface area contributed by atoms with Crippen LogP contribution in [0.4, 0.5) is 0 Å². The fraction of sp³-hybridized carbons (Fsp3) is 0.353. The number of nitrogens with one attached hydrogen (secondary N) is 1. The van der Waals surface area contributed by atoms with Gasteiger partial charge >= 0.3 is 0 Å². The maximum atomic E-state index is 9.04. The predicted molar refractivity (Wildman–Crippen MR) is 81.3 cm³/mol. The molecular weight excluding hydrogens is 248 g/mol. The van der Waals surface area contributed by atoms with Crippen LogP contribution < -0.4 is 5.32 Å². The minimum Gasteiger partial charge on any atom is -0.396 e. The van der Waals surface area contributed by atoms with Crippen LogP contribution in [0.1, 0.15) is 35.7 Å². The number of rotatable bonds is 7. The topological polar surface area (TPSA) is 45.1 Å². The van der Waals surface area contributed by atoms with Crippen LogP contribution in [-0.4, -0.2) is 16.7 Å². The Morgan fingerprint density at radius 1 is 1.15 bits per heavy atom. The molecule has 1 aromatic heterocycles. The summed E-state index contributed by atoms with van der Waals surface area (Å²) in [4.78, 5) is 4.41. The third-order valence-corrected chi connectivity index (χ3v) is 3.36. The lowest BCUT2D eigenvalue weighted by atomic mass is 10.0. The van der Waals surface area contributed by atoms with Gasteiger partial charge in [0.25, 0.3) is 0 Å². The van der Waals surface area contributed by atoms with E-state index in [1.54, 1.807) is 0 Å². The molecule has 106 valence electrons. The molecule has 0 saturated carbocycles. The minimum absolute atomic E-state index is 0.230. The van der Waals surface area contributed by atoms with Crippen molar-refractivity contribution in [2.75, 3.05) is 6.61 Å². The molecule has 0 fully saturated rings. The number of hydrogen-bond donors (Lipinski definition) is 2. The normalized spacial score (nSPS) is 12.3. The minimum atomic E-state index is 0.230. The second-order valence-electron chi connectivity index (χ2n) is 5.04. The standard InChI is InChI=1S/C17H22N2O/c1-14-9-10-16(18-12-14)13-19-17(8-5-11-20)15-6-3-2-4-7-15/h2-4,6-7,9-10,12,17,19-20H,5,8,11,13H2,1H3. The van der Waals surface area contributed by atoms with Crippen molar-refractivity contribution in [1.29, 1.82) is 0 Å². The van der Waals surface area contributed by atoms with E-state index < -0.39 is 0 Å². The maximum absolute atomic E-state index is 9.04. The van der Waals surface area contributed by atoms with Crippen molar-refractivity contribution in [2.45, 2.75) is 32.4 Å². The number of hydrogen-bond acceptors (Lipinski definition) is 3. The second-order valence-corrected chi connectivity index (χ2v) is 5.04. The number of aliphatic hydroxyl groups is 1. The van der Waals surface area contributed by atoms with E-state index in [2.05, 4.69) is 34.6 Å². The molecule has 1 heterocycles. The third-order valence-electron chi connectivity index (χ3n) is 3.36. The van der Waals surface area contributed by atoms with Crippen molar-refractivity contribution < 1.29 is 5.11 Å². The molecule has 2 rings (SSSR count). The Morgan fingerprint density at radius 2 is 1.95 bits per heavy atom. The fourth-order valence-corrected chi connectivity index (χ4v) is 2.20. The summed E-state index contributed by atoms with van der Waals surface area (Å²) in [6, 6.07) is 14.8. The van der Waals surface area contributed by atoms with Gasteiger partial charge in [0.2, 0.25) is 0 Å². The van der Waals surface area contributed by atoms with Gasteiger partial charge in [-0.25, -0.2) is 0 Å². The summed E-state index contributed by atoms with van der Waals surface area (Å²) < 4.78 is 0. The predicted octanol–water partition coefficient (Wildman–Crippen LogP) is 2.99. The van der Waals surface area contributed by atoms with Crippen molar-refractivity contribution in [1.82, 2.24) is 10.3 Å². The Labute approximate surface area is 120 Å². The molecule has 0 aliphatic heterocycles. The second kappa shape index (κ2) is 7.78. The molecule has 3 nitrogen and oxygen atoms in total. The first-order valence-electron chi connectivity index (χ1n) is 7.10. The number of nitrogens with zero attached hydrogens (tertiary/aromatic N) is 1. The van der Waals surface area contributed by atoms with Crippen LogP contribution in [0.15, 0.2) is 48.7 Å². The number of pyridine rings is 1. The Hall–Kier alpha value is -1.71. The molecule has 1 atom stereocenters. The summed E-state index contributed by atoms with van der Waals surface area (Å²) in [6.45, 7) is 3.01. The van der Waals surface area contributed by atoms with E-state index in [0.29, 0.717) is 0 Å². The van der Waals surface area contributed by atoms with Crippen LogP contribution >= 0.6 is 0 Å². The first-order chi connectivity index (χ1) is 9.79. The maximum Gasteiger partial charge on any atom is 0.0542 e. The lowest BCUT2D eigenvalue weighted by Crippen LogP contribution is -2.21. The summed E-state index contributed by atoms with van der Waals surface area (Å²) in [7, 11) is 0. The zero-order chi connectivity index (χ0) is 14.2. The van der Waals surface area contributed by atoms with Gasteiger partial charge in [-0.3, -0.25) is 4.98 Å². The van der Waals surface area contributed by atoms with E-state index in [4.69, 9.17) is 5.11 Å². The van der Waals surface area contributed by atoms with Crippen LogP contribution in [0, 0.1) is 6.92 Å². The van der Waals surface area contributed by atoms with Crippen LogP contribution in [0.5, 0.6) is 0 Å². The molecule has 1 unspecified atom stereocenters. The molecule has 3 heteroatoms. The van der Waals surface area contributed by atoms with Crippen LogP contribution in [0.25, 0.3) is 0 Å². The van der Waals surface area contributed by atoms with Gasteiger partial charge in [0.05, 0.1) is 5.69 Å². The Morgan fingerprint density at radius 3 is 2.60 bits per heavy atom. The van der Waals surface area contributed by atoms with Crippen molar-refractivity contribution in [3.8, 4) is 0 Å². The number of aromatic nitrogens is 1. The van der Waals surface area contributed by atoms with Crippen LogP contribution in [0.2, 0.25) is 0 Å². The van der Waals surface area contributed by atoms with E-state index in [1.165, 1.54) is 11.1 Å². The smallest absolute Gasteiger partial charge is 0.0542 e. The zero-order valence-electron chi connectivity index (χ0n) is 11.9. The largest absolute Gasteiger partial charge is 0.396 e. The molecule has 2 aromatic rings. The molecular formula is C17H22N2O. The molecule has 20 heavy (non-hydrogen) atoms. The van der Waals surface area contributed by atoms with Gasteiger partial charge in [-0.15, -0.1) is 0 Å². The number of benzene rings is 1. The van der Waals surface area contributed by atoms with Gasteiger partial charge in [-0.05, 0) is 37.0 Å². The Bertz CT molecular complexity index is 496. The molecule has 0 amide bonds. The summed E-state index contributed by atoms with van der Waals surface area (Å²) in [5.74, 6) is 0. The Balaban J connectivity index is 1.99. The molecule has 0 saturated heterocycles. The van der Waals surface area contributed by atoms with Gasteiger partial charge in [-0.1, -0.05) is 36.4 Å². The lowest BCUT2D eigenvalue weighted by Gasteiger charge is -2.18. The molecule has 0 aliphatic carbocycles. The molecule has 2 N–H and O–H groups in total. The summed E-state index contributed by atoms with van der Waals surface area (Å²) in [6.07, 6.45) is 3.61. The van der Waals surface area contributed by atoms with Crippen molar-refractivity contribution >= 4 is 0 Å². The molecule has 0 spiro atoms. The van der Waals surface area contributed by atoms with E-state index in [9.17, 15) is 0 Å². The molecule has 0 aliphatic rings. The van der Waals surface area contributed by atoms with Gasteiger partial charge in [0.1, 0.15) is 0 Å². The highest BCUT2D eigenvalue weighted by molar-refractivity contribution is 5.19. The molecule has 1 aromatic carbocycles. The molecule has 0 bridgehead atoms. The van der Waals surface area contributed by atoms with Crippen molar-refractivity contribution in [2.24, 2.45) is 0 Å².